The number of hydrogen-bond acceptors (Lipinski definition) is 6. The zero-order valence-corrected chi connectivity index (χ0v) is 16.7. The van der Waals surface area contributed by atoms with Gasteiger partial charge in [0.25, 0.3) is 0 Å². The van der Waals surface area contributed by atoms with Gasteiger partial charge in [0.15, 0.2) is 0 Å². The van der Waals surface area contributed by atoms with E-state index in [4.69, 9.17) is 9.84 Å². The first kappa shape index (κ1) is 22.0. The van der Waals surface area contributed by atoms with Gasteiger partial charge in [0.2, 0.25) is 5.91 Å². The van der Waals surface area contributed by atoms with E-state index < -0.39 is 23.2 Å². The lowest BCUT2D eigenvalue weighted by Crippen LogP contribution is -2.56. The van der Waals surface area contributed by atoms with Crippen LogP contribution < -0.4 is 10.6 Å². The molecule has 25 heavy (non-hydrogen) atoms. The Hall–Kier alpha value is -1.09. The molecule has 1 rings (SSSR count). The quantitative estimate of drug-likeness (QED) is 0.388. The molecule has 3 N–H and O–H groups in total. The van der Waals surface area contributed by atoms with Gasteiger partial charge < -0.3 is 20.5 Å². The van der Waals surface area contributed by atoms with E-state index in [-0.39, 0.29) is 18.7 Å². The molecule has 7 nitrogen and oxygen atoms in total. The van der Waals surface area contributed by atoms with Crippen LogP contribution in [0.4, 0.5) is 4.79 Å². The number of carbonyl (C=O) groups is 3. The van der Waals surface area contributed by atoms with Gasteiger partial charge in [0, 0.05) is 24.5 Å². The Morgan fingerprint density at radius 1 is 1.16 bits per heavy atom. The molecule has 0 aromatic rings. The molecule has 1 aliphatic carbocycles. The summed E-state index contributed by atoms with van der Waals surface area (Å²) < 4.78 is 5.27. The van der Waals surface area contributed by atoms with Crippen LogP contribution in [0.15, 0.2) is 0 Å². The molecule has 0 bridgehead atoms. The number of carbonyl (C=O) groups excluding carboxylic acids is 2. The number of carboxylic acids is 1. The van der Waals surface area contributed by atoms with E-state index in [1.165, 1.54) is 10.8 Å². The Morgan fingerprint density at radius 3 is 2.32 bits per heavy atom. The molecule has 0 saturated heterocycles. The predicted octanol–water partition coefficient (Wildman–Crippen LogP) is 2.80. The standard InChI is InChI=1S/C16H28N2O5S2/c1-15(2,3)23-14(22)18-16(6-4-7-16)11-12(19)17-8-10-25-24-9-5-13(20)21/h4-11H2,1-3H3,(H,17,19)(H,18,22)(H,20,21). The molecule has 144 valence electrons. The number of hydrogen-bond donors (Lipinski definition) is 3. The molecular formula is C16H28N2O5S2. The van der Waals surface area contributed by atoms with Crippen LogP contribution in [0.2, 0.25) is 0 Å². The molecular weight excluding hydrogens is 364 g/mol. The Kier molecular flexibility index (Phi) is 8.92. The molecule has 0 aromatic heterocycles. The highest BCUT2D eigenvalue weighted by molar-refractivity contribution is 8.76. The maximum Gasteiger partial charge on any atom is 0.408 e. The van der Waals surface area contributed by atoms with Crippen molar-refractivity contribution >= 4 is 39.6 Å². The van der Waals surface area contributed by atoms with E-state index in [9.17, 15) is 14.4 Å². The lowest BCUT2D eigenvalue weighted by atomic mass is 9.74. The topological polar surface area (TPSA) is 105 Å². The summed E-state index contributed by atoms with van der Waals surface area (Å²) in [5, 5.41) is 14.2. The van der Waals surface area contributed by atoms with Crippen LogP contribution >= 0.6 is 21.6 Å². The number of ether oxygens (including phenoxy) is 1. The summed E-state index contributed by atoms with van der Waals surface area (Å²) in [5.41, 5.74) is -1.05. The van der Waals surface area contributed by atoms with E-state index in [1.807, 2.05) is 0 Å². The molecule has 0 aromatic carbocycles. The summed E-state index contributed by atoms with van der Waals surface area (Å²) in [6.45, 7) is 5.93. The molecule has 9 heteroatoms. The second kappa shape index (κ2) is 10.2. The first-order chi connectivity index (χ1) is 11.6. The molecule has 0 radical (unpaired) electrons. The normalized spacial score (nSPS) is 15.8. The number of rotatable bonds is 10. The number of alkyl carbamates (subject to hydrolysis) is 1. The van der Waals surface area contributed by atoms with Crippen LogP contribution in [0.25, 0.3) is 0 Å². The molecule has 1 saturated carbocycles. The second-order valence-electron chi connectivity index (χ2n) is 7.08. The van der Waals surface area contributed by atoms with E-state index in [2.05, 4.69) is 10.6 Å². The van der Waals surface area contributed by atoms with Crippen LogP contribution in [0, 0.1) is 0 Å². The van der Waals surface area contributed by atoms with Gasteiger partial charge in [-0.1, -0.05) is 21.6 Å². The molecule has 0 unspecified atom stereocenters. The Labute approximate surface area is 156 Å². The van der Waals surface area contributed by atoms with Crippen molar-refractivity contribution < 1.29 is 24.2 Å². The Balaban J connectivity index is 2.22. The minimum Gasteiger partial charge on any atom is -0.481 e. The summed E-state index contributed by atoms with van der Waals surface area (Å²) in [7, 11) is 3.03. The van der Waals surface area contributed by atoms with Gasteiger partial charge in [-0.25, -0.2) is 4.79 Å². The van der Waals surface area contributed by atoms with E-state index in [0.717, 1.165) is 19.3 Å². The summed E-state index contributed by atoms with van der Waals surface area (Å²) in [4.78, 5) is 34.4. The Morgan fingerprint density at radius 2 is 1.80 bits per heavy atom. The highest BCUT2D eigenvalue weighted by Gasteiger charge is 2.41. The van der Waals surface area contributed by atoms with Crippen molar-refractivity contribution in [2.24, 2.45) is 0 Å². The molecule has 0 heterocycles. The van der Waals surface area contributed by atoms with Crippen molar-refractivity contribution in [3.8, 4) is 0 Å². The van der Waals surface area contributed by atoms with Crippen molar-refractivity contribution in [3.05, 3.63) is 0 Å². The van der Waals surface area contributed by atoms with Crippen molar-refractivity contribution in [2.45, 2.75) is 64.0 Å². The third kappa shape index (κ3) is 9.84. The molecule has 0 spiro atoms. The minimum atomic E-state index is -0.801. The van der Waals surface area contributed by atoms with Crippen LogP contribution in [-0.2, 0) is 14.3 Å². The third-order valence-electron chi connectivity index (χ3n) is 3.57. The molecule has 1 aliphatic rings. The predicted molar refractivity (Wildman–Crippen MR) is 101 cm³/mol. The zero-order chi connectivity index (χ0) is 18.9. The minimum absolute atomic E-state index is 0.0908. The number of amides is 2. The first-order valence-electron chi connectivity index (χ1n) is 8.36. The summed E-state index contributed by atoms with van der Waals surface area (Å²) >= 11 is 0. The van der Waals surface area contributed by atoms with Crippen LogP contribution in [0.5, 0.6) is 0 Å². The highest BCUT2D eigenvalue weighted by Crippen LogP contribution is 2.35. The van der Waals surface area contributed by atoms with Crippen LogP contribution in [0.1, 0.15) is 52.9 Å². The van der Waals surface area contributed by atoms with Crippen molar-refractivity contribution in [3.63, 3.8) is 0 Å². The number of carboxylic acid groups (broad SMARTS) is 1. The first-order valence-corrected chi connectivity index (χ1v) is 10.8. The fraction of sp³-hybridized carbons (Fsp3) is 0.812. The van der Waals surface area contributed by atoms with Gasteiger partial charge in [-0.15, -0.1) is 0 Å². The van der Waals surface area contributed by atoms with Gasteiger partial charge in [0.1, 0.15) is 5.60 Å². The van der Waals surface area contributed by atoms with Crippen molar-refractivity contribution in [2.75, 3.05) is 18.1 Å². The van der Waals surface area contributed by atoms with Gasteiger partial charge in [-0.05, 0) is 40.0 Å². The maximum atomic E-state index is 12.1. The van der Waals surface area contributed by atoms with Crippen molar-refractivity contribution in [1.82, 2.24) is 10.6 Å². The van der Waals surface area contributed by atoms with E-state index >= 15 is 0 Å². The third-order valence-corrected chi connectivity index (χ3v) is 5.97. The lowest BCUT2D eigenvalue weighted by Gasteiger charge is -2.42. The average Bonchev–Trinajstić information content (AvgIpc) is 2.41. The fourth-order valence-electron chi connectivity index (χ4n) is 2.32. The monoisotopic (exact) mass is 392 g/mol. The van der Waals surface area contributed by atoms with Gasteiger partial charge in [0.05, 0.1) is 12.0 Å². The maximum absolute atomic E-state index is 12.1. The van der Waals surface area contributed by atoms with E-state index in [0.29, 0.717) is 18.1 Å². The Bertz CT molecular complexity index is 476. The molecule has 2 amide bonds. The average molecular weight is 393 g/mol. The van der Waals surface area contributed by atoms with Crippen LogP contribution in [0.3, 0.4) is 0 Å². The van der Waals surface area contributed by atoms with Gasteiger partial charge in [-0.2, -0.15) is 0 Å². The van der Waals surface area contributed by atoms with Crippen molar-refractivity contribution in [1.29, 1.82) is 0 Å². The largest absolute Gasteiger partial charge is 0.481 e. The SMILES string of the molecule is CC(C)(C)OC(=O)NC1(CC(=O)NCCSSCCC(=O)O)CCC1. The molecule has 1 fully saturated rings. The van der Waals surface area contributed by atoms with Crippen LogP contribution in [-0.4, -0.2) is 52.3 Å². The number of aliphatic carboxylic acids is 1. The van der Waals surface area contributed by atoms with E-state index in [1.54, 1.807) is 31.6 Å². The highest BCUT2D eigenvalue weighted by atomic mass is 33.1. The molecule has 0 aliphatic heterocycles. The van der Waals surface area contributed by atoms with Gasteiger partial charge >= 0.3 is 12.1 Å². The second-order valence-corrected chi connectivity index (χ2v) is 9.78. The number of nitrogens with one attached hydrogen (secondary N) is 2. The summed E-state index contributed by atoms with van der Waals surface area (Å²) in [5.74, 6) is 0.371. The zero-order valence-electron chi connectivity index (χ0n) is 15.1. The van der Waals surface area contributed by atoms with Gasteiger partial charge in [-0.3, -0.25) is 9.59 Å². The smallest absolute Gasteiger partial charge is 0.408 e. The lowest BCUT2D eigenvalue weighted by molar-refractivity contribution is -0.136. The summed E-state index contributed by atoms with van der Waals surface area (Å²) in [6.07, 6.45) is 2.45. The fourth-order valence-corrected chi connectivity index (χ4v) is 4.20. The molecule has 0 atom stereocenters. The summed E-state index contributed by atoms with van der Waals surface area (Å²) in [6, 6.07) is 0.